The molecule has 1 amide bonds. The quantitative estimate of drug-likeness (QED) is 0.331. The number of furan rings is 1. The summed E-state index contributed by atoms with van der Waals surface area (Å²) < 4.78 is 50.5. The van der Waals surface area contributed by atoms with Crippen LogP contribution >= 0.6 is 11.6 Å². The predicted octanol–water partition coefficient (Wildman–Crippen LogP) is 6.31. The SMILES string of the molecule is O=C(NC1CCC(Nc2cc(C(F)(F)F)nc3ccc(Cl)cc23)CC1)c1cc(-c2ccco2)on1. The topological polar surface area (TPSA) is 93.2 Å². The summed E-state index contributed by atoms with van der Waals surface area (Å²) in [6, 6.07) is 10.4. The van der Waals surface area contributed by atoms with E-state index in [4.69, 9.17) is 20.5 Å². The fourth-order valence-corrected chi connectivity index (χ4v) is 4.41. The molecule has 0 aliphatic heterocycles. The molecule has 5 rings (SSSR count). The Morgan fingerprint density at radius 2 is 1.80 bits per heavy atom. The first-order valence-corrected chi connectivity index (χ1v) is 11.4. The van der Waals surface area contributed by atoms with Crippen molar-refractivity contribution in [1.82, 2.24) is 15.5 Å². The van der Waals surface area contributed by atoms with Gasteiger partial charge < -0.3 is 19.6 Å². The van der Waals surface area contributed by atoms with E-state index in [2.05, 4.69) is 20.8 Å². The van der Waals surface area contributed by atoms with Crippen LogP contribution < -0.4 is 10.6 Å². The zero-order valence-electron chi connectivity index (χ0n) is 18.2. The molecule has 182 valence electrons. The van der Waals surface area contributed by atoms with Gasteiger partial charge in [-0.1, -0.05) is 16.8 Å². The fraction of sp³-hybridized carbons (Fsp3) is 0.292. The number of nitrogens with zero attached hydrogens (tertiary/aromatic N) is 2. The Bertz CT molecular complexity index is 1350. The number of anilines is 1. The summed E-state index contributed by atoms with van der Waals surface area (Å²) in [4.78, 5) is 16.3. The van der Waals surface area contributed by atoms with Crippen molar-refractivity contribution >= 4 is 34.1 Å². The number of aromatic nitrogens is 2. The van der Waals surface area contributed by atoms with Gasteiger partial charge in [0.05, 0.1) is 11.8 Å². The maximum Gasteiger partial charge on any atom is 0.433 e. The molecule has 2 N–H and O–H groups in total. The van der Waals surface area contributed by atoms with E-state index in [1.54, 1.807) is 18.2 Å². The third-order valence-electron chi connectivity index (χ3n) is 5.99. The van der Waals surface area contributed by atoms with Gasteiger partial charge in [-0.15, -0.1) is 0 Å². The van der Waals surface area contributed by atoms with Crippen LogP contribution in [0.15, 0.2) is 57.7 Å². The lowest BCUT2D eigenvalue weighted by molar-refractivity contribution is -0.140. The summed E-state index contributed by atoms with van der Waals surface area (Å²) >= 11 is 6.08. The minimum absolute atomic E-state index is 0.0635. The van der Waals surface area contributed by atoms with Crippen LogP contribution in [0.4, 0.5) is 18.9 Å². The minimum Gasteiger partial charge on any atom is -0.461 e. The minimum atomic E-state index is -4.57. The molecule has 0 saturated heterocycles. The summed E-state index contributed by atoms with van der Waals surface area (Å²) in [5.74, 6) is 0.477. The van der Waals surface area contributed by atoms with Crippen LogP contribution in [0.1, 0.15) is 41.9 Å². The molecule has 35 heavy (non-hydrogen) atoms. The van der Waals surface area contributed by atoms with Gasteiger partial charge in [-0.05, 0) is 62.1 Å². The Balaban J connectivity index is 1.23. The highest BCUT2D eigenvalue weighted by Gasteiger charge is 2.34. The normalized spacial score (nSPS) is 18.5. The summed E-state index contributed by atoms with van der Waals surface area (Å²) in [5, 5.41) is 10.9. The molecule has 1 fully saturated rings. The number of alkyl halides is 3. The number of hydrogen-bond acceptors (Lipinski definition) is 6. The maximum atomic E-state index is 13.4. The number of carbonyl (C=O) groups excluding carboxylic acids is 1. The number of fused-ring (bicyclic) bond motifs is 1. The Morgan fingerprint density at radius 1 is 1.03 bits per heavy atom. The van der Waals surface area contributed by atoms with Crippen LogP contribution in [0.5, 0.6) is 0 Å². The number of rotatable bonds is 5. The Kier molecular flexibility index (Phi) is 6.14. The number of pyridine rings is 1. The molecule has 0 radical (unpaired) electrons. The van der Waals surface area contributed by atoms with E-state index in [0.717, 1.165) is 6.07 Å². The molecule has 0 atom stereocenters. The molecule has 7 nitrogen and oxygen atoms in total. The highest BCUT2D eigenvalue weighted by molar-refractivity contribution is 6.31. The Hall–Kier alpha value is -3.53. The monoisotopic (exact) mass is 504 g/mol. The van der Waals surface area contributed by atoms with Gasteiger partial charge in [-0.25, -0.2) is 4.98 Å². The molecule has 0 bridgehead atoms. The lowest BCUT2D eigenvalue weighted by Gasteiger charge is -2.30. The van der Waals surface area contributed by atoms with Gasteiger partial charge in [-0.3, -0.25) is 4.79 Å². The van der Waals surface area contributed by atoms with Crippen molar-refractivity contribution < 1.29 is 26.9 Å². The average molecular weight is 505 g/mol. The van der Waals surface area contributed by atoms with Gasteiger partial charge in [-0.2, -0.15) is 13.2 Å². The zero-order chi connectivity index (χ0) is 24.6. The van der Waals surface area contributed by atoms with Gasteiger partial charge >= 0.3 is 6.18 Å². The molecule has 1 aromatic carbocycles. The lowest BCUT2D eigenvalue weighted by atomic mass is 9.90. The van der Waals surface area contributed by atoms with Crippen LogP contribution in [0.3, 0.4) is 0 Å². The Labute approximate surface area is 202 Å². The molecule has 0 unspecified atom stereocenters. The van der Waals surface area contributed by atoms with Crippen molar-refractivity contribution in [3.05, 3.63) is 65.1 Å². The highest BCUT2D eigenvalue weighted by Crippen LogP contribution is 2.35. The summed E-state index contributed by atoms with van der Waals surface area (Å²) in [6.07, 6.45) is -0.438. The number of carbonyl (C=O) groups is 1. The van der Waals surface area contributed by atoms with Gasteiger partial charge in [0.15, 0.2) is 11.5 Å². The molecular weight excluding hydrogens is 485 g/mol. The largest absolute Gasteiger partial charge is 0.461 e. The number of halogens is 4. The summed E-state index contributed by atoms with van der Waals surface area (Å²) in [5.41, 5.74) is -0.256. The molecular formula is C24H20ClF3N4O3. The standard InChI is InChI=1S/C24H20ClF3N4O3/c25-13-3-8-17-16(10-13)18(12-22(31-17)24(26,27)28)29-14-4-6-15(7-5-14)30-23(33)19-11-21(35-32-19)20-2-1-9-34-20/h1-3,8-12,14-15H,4-7H2,(H,29,31)(H,30,33). The van der Waals surface area contributed by atoms with E-state index >= 15 is 0 Å². The maximum absolute atomic E-state index is 13.4. The van der Waals surface area contributed by atoms with Crippen LogP contribution in [0.25, 0.3) is 22.4 Å². The molecule has 1 saturated carbocycles. The van der Waals surface area contributed by atoms with Crippen LogP contribution in [-0.4, -0.2) is 28.1 Å². The number of hydrogen-bond donors (Lipinski definition) is 2. The zero-order valence-corrected chi connectivity index (χ0v) is 19.0. The van der Waals surface area contributed by atoms with E-state index in [0.29, 0.717) is 53.3 Å². The predicted molar refractivity (Wildman–Crippen MR) is 123 cm³/mol. The summed E-state index contributed by atoms with van der Waals surface area (Å²) in [7, 11) is 0. The first-order chi connectivity index (χ1) is 16.8. The third-order valence-corrected chi connectivity index (χ3v) is 6.23. The van der Waals surface area contributed by atoms with Crippen LogP contribution in [-0.2, 0) is 6.18 Å². The van der Waals surface area contributed by atoms with E-state index < -0.39 is 11.9 Å². The lowest BCUT2D eigenvalue weighted by Crippen LogP contribution is -2.40. The molecule has 11 heteroatoms. The third kappa shape index (κ3) is 5.12. The van der Waals surface area contributed by atoms with Crippen molar-refractivity contribution in [1.29, 1.82) is 0 Å². The van der Waals surface area contributed by atoms with Crippen molar-refractivity contribution in [3.8, 4) is 11.5 Å². The van der Waals surface area contributed by atoms with Crippen LogP contribution in [0.2, 0.25) is 5.02 Å². The van der Waals surface area contributed by atoms with E-state index in [1.165, 1.54) is 24.5 Å². The van der Waals surface area contributed by atoms with Crippen molar-refractivity contribution in [3.63, 3.8) is 0 Å². The van der Waals surface area contributed by atoms with Gasteiger partial charge in [0, 0.05) is 34.2 Å². The first kappa shape index (κ1) is 23.2. The fourth-order valence-electron chi connectivity index (χ4n) is 4.24. The average Bonchev–Trinajstić information content (AvgIpc) is 3.52. The van der Waals surface area contributed by atoms with E-state index in [1.807, 2.05) is 0 Å². The first-order valence-electron chi connectivity index (χ1n) is 11.0. The molecule has 3 heterocycles. The van der Waals surface area contributed by atoms with Crippen molar-refractivity contribution in [2.45, 2.75) is 43.9 Å². The van der Waals surface area contributed by atoms with Crippen molar-refractivity contribution in [2.24, 2.45) is 0 Å². The van der Waals surface area contributed by atoms with E-state index in [-0.39, 0.29) is 29.2 Å². The molecule has 0 spiro atoms. The number of nitrogens with one attached hydrogen (secondary N) is 2. The summed E-state index contributed by atoms with van der Waals surface area (Å²) in [6.45, 7) is 0. The smallest absolute Gasteiger partial charge is 0.433 e. The van der Waals surface area contributed by atoms with Gasteiger partial charge in [0.2, 0.25) is 5.76 Å². The van der Waals surface area contributed by atoms with Gasteiger partial charge in [0.1, 0.15) is 5.69 Å². The Morgan fingerprint density at radius 3 is 2.51 bits per heavy atom. The van der Waals surface area contributed by atoms with Crippen molar-refractivity contribution in [2.75, 3.05) is 5.32 Å². The molecule has 4 aromatic rings. The molecule has 1 aliphatic carbocycles. The second kappa shape index (κ2) is 9.26. The van der Waals surface area contributed by atoms with E-state index in [9.17, 15) is 18.0 Å². The molecule has 3 aromatic heterocycles. The second-order valence-electron chi connectivity index (χ2n) is 8.43. The van der Waals surface area contributed by atoms with Gasteiger partial charge in [0.25, 0.3) is 5.91 Å². The van der Waals surface area contributed by atoms with Crippen LogP contribution in [0, 0.1) is 0 Å². The second-order valence-corrected chi connectivity index (χ2v) is 8.87. The highest BCUT2D eigenvalue weighted by atomic mass is 35.5. The molecule has 1 aliphatic rings. The number of amides is 1. The number of benzene rings is 1.